The zero-order chi connectivity index (χ0) is 21.4. The fraction of sp³-hybridized carbons (Fsp3) is 0.238. The molecule has 0 saturated heterocycles. The topological polar surface area (TPSA) is 101 Å². The Morgan fingerprint density at radius 1 is 1.14 bits per heavy atom. The van der Waals surface area contributed by atoms with Crippen molar-refractivity contribution in [2.75, 3.05) is 27.9 Å². The predicted octanol–water partition coefficient (Wildman–Crippen LogP) is 3.34. The van der Waals surface area contributed by atoms with Crippen LogP contribution >= 0.6 is 11.6 Å². The first-order valence-electron chi connectivity index (χ1n) is 8.60. The smallest absolute Gasteiger partial charge is 0.261 e. The van der Waals surface area contributed by atoms with Gasteiger partial charge in [-0.2, -0.15) is 5.26 Å². The summed E-state index contributed by atoms with van der Waals surface area (Å²) in [6.45, 7) is 0.326. The molecular formula is C21H21ClN2O5. The fourth-order valence-electron chi connectivity index (χ4n) is 2.60. The third-order valence-electron chi connectivity index (χ3n) is 4.09. The van der Waals surface area contributed by atoms with Crippen molar-refractivity contribution in [3.05, 3.63) is 52.1 Å². The van der Waals surface area contributed by atoms with Gasteiger partial charge >= 0.3 is 0 Å². The Morgan fingerprint density at radius 3 is 2.45 bits per heavy atom. The van der Waals surface area contributed by atoms with E-state index >= 15 is 0 Å². The van der Waals surface area contributed by atoms with Gasteiger partial charge in [0.15, 0.2) is 23.0 Å². The van der Waals surface area contributed by atoms with Gasteiger partial charge in [0, 0.05) is 6.54 Å². The molecule has 0 aliphatic heterocycles. The molecule has 0 aliphatic rings. The van der Waals surface area contributed by atoms with Crippen molar-refractivity contribution < 1.29 is 24.1 Å². The van der Waals surface area contributed by atoms with E-state index < -0.39 is 5.91 Å². The van der Waals surface area contributed by atoms with Gasteiger partial charge in [0.2, 0.25) is 0 Å². The number of hydrogen-bond acceptors (Lipinski definition) is 6. The first kappa shape index (κ1) is 21.9. The van der Waals surface area contributed by atoms with E-state index in [1.165, 1.54) is 25.3 Å². The fourth-order valence-corrected chi connectivity index (χ4v) is 2.82. The van der Waals surface area contributed by atoms with E-state index in [1.54, 1.807) is 20.3 Å². The van der Waals surface area contributed by atoms with Gasteiger partial charge in [-0.05, 0) is 47.9 Å². The van der Waals surface area contributed by atoms with E-state index in [0.29, 0.717) is 30.0 Å². The van der Waals surface area contributed by atoms with Crippen molar-refractivity contribution in [2.45, 2.75) is 6.42 Å². The molecule has 0 aromatic heterocycles. The number of hydrogen-bond donors (Lipinski definition) is 2. The molecule has 0 saturated carbocycles. The summed E-state index contributed by atoms with van der Waals surface area (Å²) in [4.78, 5) is 12.3. The molecule has 0 radical (unpaired) electrons. The maximum Gasteiger partial charge on any atom is 0.261 e. The van der Waals surface area contributed by atoms with E-state index in [4.69, 9.17) is 25.8 Å². The molecule has 0 spiro atoms. The lowest BCUT2D eigenvalue weighted by Crippen LogP contribution is -2.26. The van der Waals surface area contributed by atoms with Crippen molar-refractivity contribution in [3.63, 3.8) is 0 Å². The van der Waals surface area contributed by atoms with Crippen molar-refractivity contribution >= 4 is 23.6 Å². The van der Waals surface area contributed by atoms with Gasteiger partial charge in [-0.1, -0.05) is 17.7 Å². The number of aromatic hydroxyl groups is 1. The van der Waals surface area contributed by atoms with Gasteiger partial charge in [0.25, 0.3) is 5.91 Å². The first-order chi connectivity index (χ1) is 13.9. The Morgan fingerprint density at radius 2 is 1.83 bits per heavy atom. The van der Waals surface area contributed by atoms with E-state index in [2.05, 4.69) is 5.32 Å². The van der Waals surface area contributed by atoms with Crippen molar-refractivity contribution in [1.29, 1.82) is 5.26 Å². The molecule has 2 aromatic rings. The van der Waals surface area contributed by atoms with Crippen LogP contribution in [0.4, 0.5) is 0 Å². The molecule has 2 N–H and O–H groups in total. The molecule has 8 heteroatoms. The number of amides is 1. The lowest BCUT2D eigenvalue weighted by atomic mass is 10.1. The monoisotopic (exact) mass is 416 g/mol. The van der Waals surface area contributed by atoms with E-state index in [0.717, 1.165) is 5.56 Å². The lowest BCUT2D eigenvalue weighted by Gasteiger charge is -2.10. The Balaban J connectivity index is 2.06. The summed E-state index contributed by atoms with van der Waals surface area (Å²) in [5.41, 5.74) is 1.30. The van der Waals surface area contributed by atoms with Crippen LogP contribution in [0.1, 0.15) is 11.1 Å². The molecule has 0 aliphatic carbocycles. The molecule has 2 rings (SSSR count). The summed E-state index contributed by atoms with van der Waals surface area (Å²) in [5.74, 6) is 0.653. The van der Waals surface area contributed by atoms with Gasteiger partial charge in [-0.3, -0.25) is 4.79 Å². The maximum atomic E-state index is 12.3. The molecular weight excluding hydrogens is 396 g/mol. The number of benzene rings is 2. The summed E-state index contributed by atoms with van der Waals surface area (Å²) in [5, 5.41) is 21.9. The van der Waals surface area contributed by atoms with E-state index in [1.807, 2.05) is 18.2 Å². The molecule has 0 heterocycles. The Labute approximate surface area is 174 Å². The number of phenolic OH excluding ortho intramolecular Hbond substituents is 1. The average molecular weight is 417 g/mol. The van der Waals surface area contributed by atoms with Crippen LogP contribution in [0.3, 0.4) is 0 Å². The Hall–Kier alpha value is -3.37. The highest BCUT2D eigenvalue weighted by atomic mass is 35.5. The zero-order valence-electron chi connectivity index (χ0n) is 16.3. The van der Waals surface area contributed by atoms with Crippen LogP contribution in [-0.4, -0.2) is 38.9 Å². The third kappa shape index (κ3) is 5.56. The minimum absolute atomic E-state index is 0.0572. The molecule has 0 bridgehead atoms. The number of methoxy groups -OCH3 is 3. The number of nitriles is 1. The number of halogens is 1. The number of carbonyl (C=O) groups excluding carboxylic acids is 1. The SMILES string of the molecule is COc1ccc(CCNC(=O)/C(C#N)=C/c2cc(Cl)c(O)c(OC)c2)cc1OC. The van der Waals surface area contributed by atoms with Gasteiger partial charge in [0.05, 0.1) is 26.4 Å². The van der Waals surface area contributed by atoms with Crippen molar-refractivity contribution in [2.24, 2.45) is 0 Å². The van der Waals surface area contributed by atoms with Crippen LogP contribution in [0.25, 0.3) is 6.08 Å². The van der Waals surface area contributed by atoms with E-state index in [-0.39, 0.29) is 22.1 Å². The van der Waals surface area contributed by atoms with Crippen LogP contribution in [-0.2, 0) is 11.2 Å². The first-order valence-corrected chi connectivity index (χ1v) is 8.98. The van der Waals surface area contributed by atoms with Crippen molar-refractivity contribution in [3.8, 4) is 29.1 Å². The average Bonchev–Trinajstić information content (AvgIpc) is 2.73. The maximum absolute atomic E-state index is 12.3. The summed E-state index contributed by atoms with van der Waals surface area (Å²) in [6, 6.07) is 10.3. The predicted molar refractivity (Wildman–Crippen MR) is 110 cm³/mol. The van der Waals surface area contributed by atoms with Gasteiger partial charge in [0.1, 0.15) is 11.6 Å². The highest BCUT2D eigenvalue weighted by molar-refractivity contribution is 6.32. The largest absolute Gasteiger partial charge is 0.503 e. The lowest BCUT2D eigenvalue weighted by molar-refractivity contribution is -0.117. The third-order valence-corrected chi connectivity index (χ3v) is 4.38. The number of ether oxygens (including phenoxy) is 3. The van der Waals surface area contributed by atoms with Crippen LogP contribution in [0.15, 0.2) is 35.9 Å². The molecule has 1 amide bonds. The highest BCUT2D eigenvalue weighted by Crippen LogP contribution is 2.35. The molecule has 0 atom stereocenters. The summed E-state index contributed by atoms with van der Waals surface area (Å²) < 4.78 is 15.5. The number of nitrogens with zero attached hydrogens (tertiary/aromatic N) is 1. The molecule has 29 heavy (non-hydrogen) atoms. The summed E-state index contributed by atoms with van der Waals surface area (Å²) >= 11 is 5.94. The van der Waals surface area contributed by atoms with Gasteiger partial charge in [-0.25, -0.2) is 0 Å². The quantitative estimate of drug-likeness (QED) is 0.505. The Kier molecular flexibility index (Phi) is 7.75. The van der Waals surface area contributed by atoms with Gasteiger partial charge < -0.3 is 24.6 Å². The van der Waals surface area contributed by atoms with Crippen LogP contribution in [0.2, 0.25) is 5.02 Å². The molecule has 152 valence electrons. The second-order valence-electron chi connectivity index (χ2n) is 5.92. The van der Waals surface area contributed by atoms with Crippen LogP contribution in [0, 0.1) is 11.3 Å². The Bertz CT molecular complexity index is 966. The van der Waals surface area contributed by atoms with Gasteiger partial charge in [-0.15, -0.1) is 0 Å². The molecule has 0 unspecified atom stereocenters. The minimum Gasteiger partial charge on any atom is -0.503 e. The standard InChI is InChI=1S/C21H21ClN2O5/c1-27-17-5-4-13(10-18(17)28-2)6-7-24-21(26)15(12-23)8-14-9-16(22)20(25)19(11-14)29-3/h4-5,8-11,25H,6-7H2,1-3H3,(H,24,26)/b15-8+. The molecule has 0 fully saturated rings. The number of phenols is 1. The number of carbonyl (C=O) groups is 1. The second-order valence-corrected chi connectivity index (χ2v) is 6.33. The van der Waals surface area contributed by atoms with Crippen LogP contribution in [0.5, 0.6) is 23.0 Å². The summed E-state index contributed by atoms with van der Waals surface area (Å²) in [6.07, 6.45) is 1.92. The van der Waals surface area contributed by atoms with Crippen molar-refractivity contribution in [1.82, 2.24) is 5.32 Å². The van der Waals surface area contributed by atoms with E-state index in [9.17, 15) is 15.2 Å². The normalized spacial score (nSPS) is 10.8. The van der Waals surface area contributed by atoms with Crippen LogP contribution < -0.4 is 19.5 Å². The molecule has 2 aromatic carbocycles. The molecule has 7 nitrogen and oxygen atoms in total. The summed E-state index contributed by atoms with van der Waals surface area (Å²) in [7, 11) is 4.49. The minimum atomic E-state index is -0.517. The zero-order valence-corrected chi connectivity index (χ0v) is 17.0. The number of rotatable bonds is 8. The second kappa shape index (κ2) is 10.2. The highest BCUT2D eigenvalue weighted by Gasteiger charge is 2.12. The number of nitrogens with one attached hydrogen (secondary N) is 1.